The van der Waals surface area contributed by atoms with E-state index in [2.05, 4.69) is 17.2 Å². The third-order valence-corrected chi connectivity index (χ3v) is 0.504. The second-order valence-electron chi connectivity index (χ2n) is 1.35. The van der Waals surface area contributed by atoms with Crippen LogP contribution in [0.15, 0.2) is 4.99 Å². The van der Waals surface area contributed by atoms with Gasteiger partial charge in [-0.1, -0.05) is 0 Å². The third-order valence-electron chi connectivity index (χ3n) is 0.504. The summed E-state index contributed by atoms with van der Waals surface area (Å²) in [6.45, 7) is 3.36. The van der Waals surface area contributed by atoms with Gasteiger partial charge in [-0.25, -0.2) is 0 Å². The molecule has 0 bridgehead atoms. The van der Waals surface area contributed by atoms with Gasteiger partial charge >= 0.3 is 0 Å². The fraction of sp³-hybridized carbons (Fsp3) is 0.250. The molecule has 0 saturated carbocycles. The second kappa shape index (κ2) is 3.69. The predicted molar refractivity (Wildman–Crippen MR) is 33.7 cm³/mol. The molecule has 0 saturated heterocycles. The summed E-state index contributed by atoms with van der Waals surface area (Å²) in [6.07, 6.45) is 0.964. The number of rotatable bonds is 1. The van der Waals surface area contributed by atoms with Gasteiger partial charge in [-0.2, -0.15) is 5.26 Å². The maximum Gasteiger partial charge on any atom is 0.209 e. The molecule has 0 heterocycles. The first kappa shape index (κ1) is 7.72. The first-order valence-corrected chi connectivity index (χ1v) is 2.24. The second-order valence-corrected chi connectivity index (χ2v) is 1.35. The summed E-state index contributed by atoms with van der Waals surface area (Å²) in [4.78, 5) is 3.13. The van der Waals surface area contributed by atoms with Gasteiger partial charge in [0.25, 0.3) is 0 Å². The molecule has 5 heteroatoms. The number of aliphatic imine (C=N–C) groups is 1. The van der Waals surface area contributed by atoms with E-state index in [1.165, 1.54) is 6.19 Å². The molecule has 0 aliphatic heterocycles. The molecule has 1 atom stereocenters. The minimum atomic E-state index is -0.526. The van der Waals surface area contributed by atoms with Crippen LogP contribution in [-0.2, 0) is 0 Å². The van der Waals surface area contributed by atoms with Crippen LogP contribution in [0.5, 0.6) is 0 Å². The lowest BCUT2D eigenvalue weighted by atomic mass is 10.6. The fourth-order valence-electron chi connectivity index (χ4n) is 0.276. The third kappa shape index (κ3) is 4.58. The Balaban J connectivity index is 3.66. The minimum Gasteiger partial charge on any atom is -0.369 e. The Morgan fingerprint density at radius 3 is 2.78 bits per heavy atom. The van der Waals surface area contributed by atoms with Crippen molar-refractivity contribution in [3.8, 4) is 6.19 Å². The maximum atomic E-state index is 7.93. The Kier molecular flexibility index (Phi) is 3.16. The molecule has 0 fully saturated rings. The summed E-state index contributed by atoms with van der Waals surface area (Å²) in [7, 11) is 0. The Morgan fingerprint density at radius 1 is 1.89 bits per heavy atom. The zero-order valence-electron chi connectivity index (χ0n) is 4.83. The molecule has 0 aliphatic rings. The average molecular weight is 126 g/mol. The number of guanidine groups is 1. The van der Waals surface area contributed by atoms with Crippen LogP contribution >= 0.6 is 0 Å². The molecule has 1 radical (unpaired) electrons. The van der Waals surface area contributed by atoms with Crippen LogP contribution in [0.1, 0.15) is 0 Å². The lowest BCUT2D eigenvalue weighted by molar-refractivity contribution is 0.759. The van der Waals surface area contributed by atoms with Crippen molar-refractivity contribution < 1.29 is 0 Å². The molecule has 1 unspecified atom stereocenters. The van der Waals surface area contributed by atoms with E-state index >= 15 is 0 Å². The lowest BCUT2D eigenvalue weighted by Crippen LogP contribution is -2.43. The maximum absolute atomic E-state index is 7.93. The normalized spacial score (nSPS) is 14.1. The highest BCUT2D eigenvalue weighted by Gasteiger charge is 1.92. The Morgan fingerprint density at radius 2 is 2.44 bits per heavy atom. The van der Waals surface area contributed by atoms with Crippen molar-refractivity contribution in [1.29, 1.82) is 5.26 Å². The van der Waals surface area contributed by atoms with Gasteiger partial charge < -0.3 is 16.8 Å². The molecule has 5 nitrogen and oxygen atoms in total. The van der Waals surface area contributed by atoms with Crippen LogP contribution in [0.4, 0.5) is 0 Å². The van der Waals surface area contributed by atoms with E-state index in [1.807, 2.05) is 0 Å². The van der Waals surface area contributed by atoms with Gasteiger partial charge in [0, 0.05) is 0 Å². The Bertz CT molecular complexity index is 142. The summed E-state index contributed by atoms with van der Waals surface area (Å²) in [5.41, 5.74) is 10.2. The summed E-state index contributed by atoms with van der Waals surface area (Å²) in [5.74, 6) is -0.0139. The van der Waals surface area contributed by atoms with Gasteiger partial charge in [0.2, 0.25) is 12.2 Å². The topological polar surface area (TPSA) is 100 Å². The van der Waals surface area contributed by atoms with E-state index in [4.69, 9.17) is 16.7 Å². The Labute approximate surface area is 53.4 Å². The van der Waals surface area contributed by atoms with Crippen LogP contribution in [0, 0.1) is 18.4 Å². The number of nitrogens with one attached hydrogen (secondary N) is 1. The lowest BCUT2D eigenvalue weighted by Gasteiger charge is -2.05. The highest BCUT2D eigenvalue weighted by atomic mass is 15.1. The molecule has 0 aromatic heterocycles. The van der Waals surface area contributed by atoms with Crippen LogP contribution in [0.3, 0.4) is 0 Å². The molecule has 0 aliphatic carbocycles. The quantitative estimate of drug-likeness (QED) is 0.172. The van der Waals surface area contributed by atoms with Crippen LogP contribution in [-0.4, -0.2) is 12.1 Å². The van der Waals surface area contributed by atoms with Gasteiger partial charge in [0.15, 0.2) is 0 Å². The van der Waals surface area contributed by atoms with Crippen molar-refractivity contribution in [2.24, 2.45) is 16.5 Å². The van der Waals surface area contributed by atoms with E-state index in [0.717, 1.165) is 0 Å². The number of hydrogen-bond acceptors (Lipinski definition) is 3. The van der Waals surface area contributed by atoms with E-state index in [1.54, 1.807) is 0 Å². The van der Waals surface area contributed by atoms with Crippen LogP contribution in [0.2, 0.25) is 0 Å². The van der Waals surface area contributed by atoms with Gasteiger partial charge in [-0.05, 0) is 6.92 Å². The molecule has 0 aromatic rings. The first-order valence-electron chi connectivity index (χ1n) is 2.24. The number of nitrogens with zero attached hydrogens (tertiary/aromatic N) is 2. The molecule has 5 N–H and O–H groups in total. The van der Waals surface area contributed by atoms with Crippen molar-refractivity contribution in [2.45, 2.75) is 6.17 Å². The van der Waals surface area contributed by atoms with Gasteiger partial charge in [0.05, 0.1) is 6.17 Å². The largest absolute Gasteiger partial charge is 0.369 e. The predicted octanol–water partition coefficient (Wildman–Crippen LogP) is -1.51. The van der Waals surface area contributed by atoms with Crippen molar-refractivity contribution in [3.63, 3.8) is 0 Å². The fourth-order valence-corrected chi connectivity index (χ4v) is 0.276. The minimum absolute atomic E-state index is 0.0139. The van der Waals surface area contributed by atoms with Crippen molar-refractivity contribution in [2.75, 3.05) is 0 Å². The highest BCUT2D eigenvalue weighted by molar-refractivity contribution is 5.78. The first-order chi connectivity index (χ1) is 4.16. The summed E-state index contributed by atoms with van der Waals surface area (Å²) in [6, 6.07) is 0. The van der Waals surface area contributed by atoms with Gasteiger partial charge in [0.1, 0.15) is 0 Å². The standard InChI is InChI=1S/C4H8N5/c1-3(6)9-4(7)8-2-5/h3H,1,6H2,(H3,7,8,9). The number of nitrogens with two attached hydrogens (primary N) is 2. The van der Waals surface area contributed by atoms with E-state index < -0.39 is 6.17 Å². The van der Waals surface area contributed by atoms with Gasteiger partial charge in [-0.3, -0.25) is 0 Å². The molecule has 0 spiro atoms. The molecular weight excluding hydrogens is 118 g/mol. The average Bonchev–Trinajstić information content (AvgIpc) is 1.63. The summed E-state index contributed by atoms with van der Waals surface area (Å²) >= 11 is 0. The smallest absolute Gasteiger partial charge is 0.209 e. The van der Waals surface area contributed by atoms with E-state index in [-0.39, 0.29) is 5.96 Å². The molecular formula is C4H8N5. The van der Waals surface area contributed by atoms with Crippen molar-refractivity contribution >= 4 is 5.96 Å². The monoisotopic (exact) mass is 126 g/mol. The van der Waals surface area contributed by atoms with Gasteiger partial charge in [-0.15, -0.1) is 4.99 Å². The van der Waals surface area contributed by atoms with E-state index in [0.29, 0.717) is 0 Å². The highest BCUT2D eigenvalue weighted by Crippen LogP contribution is 1.64. The molecule has 49 valence electrons. The number of hydrogen-bond donors (Lipinski definition) is 3. The Hall–Kier alpha value is -1.28. The molecule has 0 rings (SSSR count). The van der Waals surface area contributed by atoms with E-state index in [9.17, 15) is 0 Å². The van der Waals surface area contributed by atoms with Crippen molar-refractivity contribution in [3.05, 3.63) is 6.92 Å². The summed E-state index contributed by atoms with van der Waals surface area (Å²) < 4.78 is 0. The molecule has 9 heavy (non-hydrogen) atoms. The zero-order chi connectivity index (χ0) is 7.28. The molecule has 0 amide bonds. The van der Waals surface area contributed by atoms with Crippen LogP contribution in [0.25, 0.3) is 0 Å². The number of nitriles is 1. The zero-order valence-corrected chi connectivity index (χ0v) is 4.83. The SMILES string of the molecule is [CH2]C(N)NC(N)=NC#N. The van der Waals surface area contributed by atoms with Crippen molar-refractivity contribution in [1.82, 2.24) is 5.32 Å². The van der Waals surface area contributed by atoms with Crippen LogP contribution < -0.4 is 16.8 Å². The molecule has 0 aromatic carbocycles. The summed E-state index contributed by atoms with van der Waals surface area (Å²) in [5, 5.41) is 10.3.